The first-order valence-corrected chi connectivity index (χ1v) is 9.39. The van der Waals surface area contributed by atoms with E-state index in [9.17, 15) is 14.7 Å². The van der Waals surface area contributed by atoms with Crippen molar-refractivity contribution in [3.63, 3.8) is 0 Å². The van der Waals surface area contributed by atoms with Gasteiger partial charge in [-0.25, -0.2) is 0 Å². The summed E-state index contributed by atoms with van der Waals surface area (Å²) in [6, 6.07) is 6.09. The molecule has 2 heterocycles. The first-order valence-electron chi connectivity index (χ1n) is 9.39. The van der Waals surface area contributed by atoms with E-state index in [1.165, 1.54) is 11.1 Å². The summed E-state index contributed by atoms with van der Waals surface area (Å²) in [6.07, 6.45) is 5.30. The predicted octanol–water partition coefficient (Wildman–Crippen LogP) is 2.52. The molecule has 1 amide bonds. The van der Waals surface area contributed by atoms with Crippen LogP contribution in [0, 0.1) is 11.8 Å². The molecule has 0 aromatic heterocycles. The van der Waals surface area contributed by atoms with Gasteiger partial charge in [0.1, 0.15) is 0 Å². The lowest BCUT2D eigenvalue weighted by Gasteiger charge is -2.35. The second-order valence-electron chi connectivity index (χ2n) is 7.50. The maximum Gasteiger partial charge on any atom is 0.309 e. The van der Waals surface area contributed by atoms with Gasteiger partial charge in [-0.1, -0.05) is 12.1 Å². The highest BCUT2D eigenvalue weighted by Crippen LogP contribution is 2.34. The molecule has 4 rings (SSSR count). The molecule has 0 bridgehead atoms. The zero-order valence-electron chi connectivity index (χ0n) is 14.4. The number of carboxylic acids is 1. The van der Waals surface area contributed by atoms with Crippen LogP contribution in [0.15, 0.2) is 18.2 Å². The minimum Gasteiger partial charge on any atom is -0.481 e. The lowest BCUT2D eigenvalue weighted by atomic mass is 9.84. The van der Waals surface area contributed by atoms with Crippen molar-refractivity contribution in [2.45, 2.75) is 44.6 Å². The monoisotopic (exact) mass is 343 g/mol. The third kappa shape index (κ3) is 3.06. The van der Waals surface area contributed by atoms with Gasteiger partial charge in [-0.15, -0.1) is 0 Å². The van der Waals surface area contributed by atoms with E-state index in [1.807, 2.05) is 17.0 Å². The van der Waals surface area contributed by atoms with Crippen molar-refractivity contribution in [1.29, 1.82) is 0 Å². The molecule has 0 spiro atoms. The number of ether oxygens (including phenoxy) is 1. The molecule has 2 aliphatic heterocycles. The van der Waals surface area contributed by atoms with Crippen molar-refractivity contribution in [1.82, 2.24) is 4.90 Å². The topological polar surface area (TPSA) is 66.8 Å². The largest absolute Gasteiger partial charge is 0.481 e. The first-order chi connectivity index (χ1) is 12.1. The second kappa shape index (κ2) is 6.79. The molecule has 0 radical (unpaired) electrons. The van der Waals surface area contributed by atoms with Crippen molar-refractivity contribution in [3.8, 4) is 0 Å². The lowest BCUT2D eigenvalue weighted by Crippen LogP contribution is -2.43. The number of nitrogens with zero attached hydrogens (tertiary/aromatic N) is 1. The number of aryl methyl sites for hydroxylation is 1. The average molecular weight is 343 g/mol. The molecule has 2 atom stereocenters. The van der Waals surface area contributed by atoms with Gasteiger partial charge >= 0.3 is 5.97 Å². The number of hydrogen-bond acceptors (Lipinski definition) is 3. The van der Waals surface area contributed by atoms with Crippen LogP contribution in [0.25, 0.3) is 0 Å². The van der Waals surface area contributed by atoms with Crippen LogP contribution in [0.4, 0.5) is 0 Å². The Labute approximate surface area is 148 Å². The highest BCUT2D eigenvalue weighted by molar-refractivity contribution is 5.96. The number of rotatable bonds is 3. The van der Waals surface area contributed by atoms with E-state index < -0.39 is 5.97 Å². The maximum atomic E-state index is 13.0. The summed E-state index contributed by atoms with van der Waals surface area (Å²) < 4.78 is 5.72. The van der Waals surface area contributed by atoms with Gasteiger partial charge in [0.15, 0.2) is 0 Å². The fourth-order valence-corrected chi connectivity index (χ4v) is 4.76. The van der Waals surface area contributed by atoms with Gasteiger partial charge in [0.05, 0.1) is 12.0 Å². The van der Waals surface area contributed by atoms with Gasteiger partial charge in [-0.2, -0.15) is 0 Å². The molecule has 0 saturated carbocycles. The van der Waals surface area contributed by atoms with E-state index in [-0.39, 0.29) is 23.8 Å². The van der Waals surface area contributed by atoms with Gasteiger partial charge in [0.2, 0.25) is 0 Å². The van der Waals surface area contributed by atoms with E-state index in [1.54, 1.807) is 0 Å². The molecule has 2 fully saturated rings. The number of carboxylic acid groups (broad SMARTS) is 1. The molecule has 5 nitrogen and oxygen atoms in total. The number of hydrogen-bond donors (Lipinski definition) is 1. The number of amides is 1. The number of aliphatic carboxylic acids is 1. The zero-order chi connectivity index (χ0) is 17.4. The fraction of sp³-hybridized carbons (Fsp3) is 0.600. The number of carbonyl (C=O) groups is 2. The quantitative estimate of drug-likeness (QED) is 0.916. The summed E-state index contributed by atoms with van der Waals surface area (Å²) in [4.78, 5) is 26.3. The smallest absolute Gasteiger partial charge is 0.309 e. The summed E-state index contributed by atoms with van der Waals surface area (Å²) in [5.41, 5.74) is 3.43. The number of benzene rings is 1. The molecular weight excluding hydrogens is 318 g/mol. The van der Waals surface area contributed by atoms with Crippen LogP contribution in [-0.2, 0) is 22.4 Å². The van der Waals surface area contributed by atoms with Crippen molar-refractivity contribution in [2.75, 3.05) is 19.7 Å². The van der Waals surface area contributed by atoms with E-state index in [0.717, 1.165) is 37.7 Å². The number of likely N-dealkylation sites (tertiary alicyclic amines) is 1. The minimum absolute atomic E-state index is 0.138. The van der Waals surface area contributed by atoms with E-state index in [0.29, 0.717) is 26.1 Å². The highest BCUT2D eigenvalue weighted by atomic mass is 16.5. The number of carbonyl (C=O) groups excluding carboxylic acids is 1. The molecule has 1 aromatic rings. The summed E-state index contributed by atoms with van der Waals surface area (Å²) in [5.74, 6) is -0.751. The minimum atomic E-state index is -0.749. The Morgan fingerprint density at radius 3 is 2.68 bits per heavy atom. The molecule has 5 heteroatoms. The van der Waals surface area contributed by atoms with Crippen LogP contribution < -0.4 is 0 Å². The third-order valence-corrected chi connectivity index (χ3v) is 6.12. The summed E-state index contributed by atoms with van der Waals surface area (Å²) >= 11 is 0. The Bertz CT molecular complexity index is 678. The molecule has 3 aliphatic rings. The van der Waals surface area contributed by atoms with Crippen LogP contribution >= 0.6 is 0 Å². The van der Waals surface area contributed by atoms with Crippen LogP contribution in [-0.4, -0.2) is 47.7 Å². The Kier molecular flexibility index (Phi) is 4.50. The Hall–Kier alpha value is -1.88. The van der Waals surface area contributed by atoms with Crippen LogP contribution in [0.3, 0.4) is 0 Å². The molecule has 25 heavy (non-hydrogen) atoms. The molecule has 2 saturated heterocycles. The van der Waals surface area contributed by atoms with Crippen LogP contribution in [0.5, 0.6) is 0 Å². The SMILES string of the molecule is O=C(O)C1CCO[C@H]1C1CCN(C(=O)c2cccc3c2CCC3)CC1. The molecule has 1 aliphatic carbocycles. The van der Waals surface area contributed by atoms with Gasteiger partial charge in [-0.05, 0) is 61.6 Å². The molecule has 1 unspecified atom stereocenters. The highest BCUT2D eigenvalue weighted by Gasteiger charge is 2.41. The second-order valence-corrected chi connectivity index (χ2v) is 7.50. The van der Waals surface area contributed by atoms with Crippen molar-refractivity contribution in [2.24, 2.45) is 11.8 Å². The van der Waals surface area contributed by atoms with E-state index in [2.05, 4.69) is 6.07 Å². The summed E-state index contributed by atoms with van der Waals surface area (Å²) in [5, 5.41) is 9.35. The lowest BCUT2D eigenvalue weighted by molar-refractivity contribution is -0.145. The molecular formula is C20H25NO4. The predicted molar refractivity (Wildman–Crippen MR) is 92.6 cm³/mol. The third-order valence-electron chi connectivity index (χ3n) is 6.12. The van der Waals surface area contributed by atoms with E-state index >= 15 is 0 Å². The molecule has 1 N–H and O–H groups in total. The average Bonchev–Trinajstić information content (AvgIpc) is 3.30. The van der Waals surface area contributed by atoms with Gasteiger partial charge in [-0.3, -0.25) is 9.59 Å². The van der Waals surface area contributed by atoms with Gasteiger partial charge in [0.25, 0.3) is 5.91 Å². The standard InChI is InChI=1S/C20H25NO4/c22-19(16-6-2-4-13-3-1-5-15(13)16)21-10-7-14(8-11-21)18-17(20(23)24)9-12-25-18/h2,4,6,14,17-18H,1,3,5,7-12H2,(H,23,24)/t17?,18-/m0/s1. The summed E-state index contributed by atoms with van der Waals surface area (Å²) in [7, 11) is 0. The maximum absolute atomic E-state index is 13.0. The van der Waals surface area contributed by atoms with Crippen molar-refractivity contribution in [3.05, 3.63) is 34.9 Å². The van der Waals surface area contributed by atoms with Gasteiger partial charge in [0, 0.05) is 25.3 Å². The Morgan fingerprint density at radius 2 is 1.92 bits per heavy atom. The first kappa shape index (κ1) is 16.6. The Balaban J connectivity index is 1.41. The van der Waals surface area contributed by atoms with Crippen LogP contribution in [0.1, 0.15) is 47.2 Å². The van der Waals surface area contributed by atoms with Crippen LogP contribution in [0.2, 0.25) is 0 Å². The Morgan fingerprint density at radius 1 is 1.12 bits per heavy atom. The normalized spacial score (nSPS) is 26.6. The molecule has 1 aromatic carbocycles. The molecule has 134 valence electrons. The van der Waals surface area contributed by atoms with Crippen molar-refractivity contribution < 1.29 is 19.4 Å². The number of fused-ring (bicyclic) bond motifs is 1. The van der Waals surface area contributed by atoms with Gasteiger partial charge < -0.3 is 14.7 Å². The van der Waals surface area contributed by atoms with Crippen molar-refractivity contribution >= 4 is 11.9 Å². The zero-order valence-corrected chi connectivity index (χ0v) is 14.4. The fourth-order valence-electron chi connectivity index (χ4n) is 4.76. The van der Waals surface area contributed by atoms with E-state index in [4.69, 9.17) is 4.74 Å². The summed E-state index contributed by atoms with van der Waals surface area (Å²) in [6.45, 7) is 1.93. The number of piperidine rings is 1.